The van der Waals surface area contributed by atoms with Crippen molar-refractivity contribution in [2.45, 2.75) is 30.7 Å². The predicted molar refractivity (Wildman–Crippen MR) is 120 cm³/mol. The van der Waals surface area contributed by atoms with Gasteiger partial charge < -0.3 is 15.6 Å². The maximum Gasteiger partial charge on any atom is 0.268 e. The average molecular weight is 463 g/mol. The minimum absolute atomic E-state index is 0.0415. The van der Waals surface area contributed by atoms with E-state index in [4.69, 9.17) is 0 Å². The molecule has 1 saturated heterocycles. The van der Waals surface area contributed by atoms with Crippen molar-refractivity contribution < 1.29 is 18.0 Å². The summed E-state index contributed by atoms with van der Waals surface area (Å²) in [6, 6.07) is 8.72. The molecule has 2 amide bonds. The van der Waals surface area contributed by atoms with Gasteiger partial charge in [0.1, 0.15) is 10.6 Å². The highest BCUT2D eigenvalue weighted by Gasteiger charge is 2.28. The molecule has 1 aromatic carbocycles. The maximum atomic E-state index is 12.7. The molecule has 2 heterocycles. The molecular weight excluding hydrogens is 436 g/mol. The van der Waals surface area contributed by atoms with Gasteiger partial charge in [0, 0.05) is 48.9 Å². The highest BCUT2D eigenvalue weighted by atomic mass is 32.2. The van der Waals surface area contributed by atoms with Crippen molar-refractivity contribution in [1.29, 1.82) is 0 Å². The number of aromatic nitrogens is 1. The van der Waals surface area contributed by atoms with E-state index in [0.29, 0.717) is 18.8 Å². The number of anilines is 1. The summed E-state index contributed by atoms with van der Waals surface area (Å²) in [5.74, 6) is 1.30. The Morgan fingerprint density at radius 3 is 2.65 bits per heavy atom. The predicted octanol–water partition coefficient (Wildman–Crippen LogP) is 2.42. The Bertz CT molecular complexity index is 1060. The number of nitrogens with one attached hydrogen (secondary N) is 3. The highest BCUT2D eigenvalue weighted by Crippen LogP contribution is 2.27. The molecule has 1 aromatic heterocycles. The number of hydrogen-bond donors (Lipinski definition) is 3. The Morgan fingerprint density at radius 1 is 1.16 bits per heavy atom. The van der Waals surface area contributed by atoms with E-state index in [-0.39, 0.29) is 34.9 Å². The molecule has 2 fully saturated rings. The van der Waals surface area contributed by atoms with Crippen LogP contribution >= 0.6 is 11.8 Å². The van der Waals surface area contributed by atoms with Gasteiger partial charge in [0.2, 0.25) is 15.9 Å². The van der Waals surface area contributed by atoms with Crippen molar-refractivity contribution in [3.05, 3.63) is 47.8 Å². The third-order valence-corrected chi connectivity index (χ3v) is 8.45. The van der Waals surface area contributed by atoms with E-state index < -0.39 is 10.0 Å². The summed E-state index contributed by atoms with van der Waals surface area (Å²) in [7, 11) is -3.60. The van der Waals surface area contributed by atoms with E-state index in [1.165, 1.54) is 16.6 Å². The van der Waals surface area contributed by atoms with Crippen LogP contribution in [0.25, 0.3) is 0 Å². The molecule has 4 rings (SSSR count). The van der Waals surface area contributed by atoms with Crippen molar-refractivity contribution in [3.63, 3.8) is 0 Å². The van der Waals surface area contributed by atoms with Crippen LogP contribution in [0.2, 0.25) is 0 Å². The zero-order valence-corrected chi connectivity index (χ0v) is 18.7. The first-order valence-corrected chi connectivity index (χ1v) is 13.0. The van der Waals surface area contributed by atoms with E-state index in [0.717, 1.165) is 36.3 Å². The van der Waals surface area contributed by atoms with Crippen molar-refractivity contribution >= 4 is 39.3 Å². The number of sulfonamides is 1. The molecule has 2 aromatic rings. The molecule has 3 N–H and O–H groups in total. The summed E-state index contributed by atoms with van der Waals surface area (Å²) in [6.45, 7) is 1.22. The van der Waals surface area contributed by atoms with Gasteiger partial charge >= 0.3 is 0 Å². The fraction of sp³-hybridized carbons (Fsp3) is 0.429. The first kappa shape index (κ1) is 21.9. The third kappa shape index (κ3) is 5.13. The van der Waals surface area contributed by atoms with Gasteiger partial charge in [-0.15, -0.1) is 0 Å². The highest BCUT2D eigenvalue weighted by molar-refractivity contribution is 7.99. The summed E-state index contributed by atoms with van der Waals surface area (Å²) in [5, 5.41) is 5.71. The van der Waals surface area contributed by atoms with Gasteiger partial charge in [-0.05, 0) is 36.6 Å². The number of thioether (sulfide) groups is 1. The van der Waals surface area contributed by atoms with E-state index in [2.05, 4.69) is 15.6 Å². The smallest absolute Gasteiger partial charge is 0.268 e. The Labute approximate surface area is 186 Å². The molecule has 0 radical (unpaired) electrons. The first-order chi connectivity index (χ1) is 14.9. The lowest BCUT2D eigenvalue weighted by Gasteiger charge is -2.24. The fourth-order valence-corrected chi connectivity index (χ4v) is 6.11. The summed E-state index contributed by atoms with van der Waals surface area (Å²) < 4.78 is 26.9. The molecule has 1 aliphatic carbocycles. The largest absolute Gasteiger partial charge is 0.356 e. The van der Waals surface area contributed by atoms with Crippen molar-refractivity contribution in [2.24, 2.45) is 5.92 Å². The van der Waals surface area contributed by atoms with Crippen LogP contribution in [-0.2, 0) is 21.4 Å². The first-order valence-electron chi connectivity index (χ1n) is 10.4. The molecule has 166 valence electrons. The minimum Gasteiger partial charge on any atom is -0.356 e. The van der Waals surface area contributed by atoms with Crippen LogP contribution in [0.1, 0.15) is 35.3 Å². The van der Waals surface area contributed by atoms with Crippen molar-refractivity contribution in [2.75, 3.05) is 29.9 Å². The maximum absolute atomic E-state index is 12.7. The lowest BCUT2D eigenvalue weighted by molar-refractivity contribution is -0.122. The van der Waals surface area contributed by atoms with Crippen LogP contribution in [-0.4, -0.2) is 54.1 Å². The fourth-order valence-electron chi connectivity index (χ4n) is 3.54. The number of H-pyrrole nitrogens is 1. The Hall–Kier alpha value is -2.30. The minimum atomic E-state index is -3.60. The lowest BCUT2D eigenvalue weighted by atomic mass is 9.85. The standard InChI is InChI=1S/C21H26N4O4S2/c26-20(16-4-2-5-16)24-17-6-1-3-15(11-17)13-23-21(27)19-12-18(14-22-19)31(28,29)25-7-9-30-10-8-25/h1,3,6,11-12,14,16,22H,2,4-5,7-10,13H2,(H,23,27)(H,24,26). The van der Waals surface area contributed by atoms with Gasteiger partial charge in [0.05, 0.1) is 0 Å². The number of amides is 2. The van der Waals surface area contributed by atoms with E-state index in [1.54, 1.807) is 11.8 Å². The molecule has 1 aliphatic heterocycles. The quantitative estimate of drug-likeness (QED) is 0.585. The van der Waals surface area contributed by atoms with E-state index in [9.17, 15) is 18.0 Å². The molecule has 0 bridgehead atoms. The zero-order chi connectivity index (χ0) is 21.8. The van der Waals surface area contributed by atoms with Crippen LogP contribution in [0.4, 0.5) is 5.69 Å². The lowest BCUT2D eigenvalue weighted by Crippen LogP contribution is -2.37. The number of nitrogens with zero attached hydrogens (tertiary/aromatic N) is 1. The number of benzene rings is 1. The summed E-state index contributed by atoms with van der Waals surface area (Å²) in [5.41, 5.74) is 1.74. The molecule has 0 atom stereocenters. The van der Waals surface area contributed by atoms with Gasteiger partial charge in [-0.3, -0.25) is 9.59 Å². The summed E-state index contributed by atoms with van der Waals surface area (Å²) >= 11 is 1.73. The molecular formula is C21H26N4O4S2. The Balaban J connectivity index is 1.35. The van der Waals surface area contributed by atoms with Crippen molar-refractivity contribution in [3.8, 4) is 0 Å². The van der Waals surface area contributed by atoms with Crippen LogP contribution in [0, 0.1) is 5.92 Å². The average Bonchev–Trinajstić information content (AvgIpc) is 3.23. The monoisotopic (exact) mass is 462 g/mol. The van der Waals surface area contributed by atoms with E-state index in [1.807, 2.05) is 24.3 Å². The van der Waals surface area contributed by atoms with Gasteiger partial charge in [-0.2, -0.15) is 16.1 Å². The molecule has 31 heavy (non-hydrogen) atoms. The van der Waals surface area contributed by atoms with Crippen LogP contribution in [0.5, 0.6) is 0 Å². The van der Waals surface area contributed by atoms with Gasteiger partial charge in [0.15, 0.2) is 0 Å². The molecule has 10 heteroatoms. The topological polar surface area (TPSA) is 111 Å². The van der Waals surface area contributed by atoms with Gasteiger partial charge in [-0.25, -0.2) is 8.42 Å². The SMILES string of the molecule is O=C(NCc1cccc(NC(=O)C2CCC2)c1)c1cc(S(=O)(=O)N2CCSCC2)c[nH]1. The van der Waals surface area contributed by atoms with Crippen LogP contribution < -0.4 is 10.6 Å². The number of hydrogen-bond acceptors (Lipinski definition) is 5. The normalized spacial score (nSPS) is 17.7. The number of aromatic amines is 1. The number of carbonyl (C=O) groups excluding carboxylic acids is 2. The van der Waals surface area contributed by atoms with Crippen LogP contribution in [0.3, 0.4) is 0 Å². The molecule has 1 saturated carbocycles. The third-order valence-electron chi connectivity index (χ3n) is 5.63. The second kappa shape index (κ2) is 9.46. The molecule has 2 aliphatic rings. The van der Waals surface area contributed by atoms with Crippen molar-refractivity contribution in [1.82, 2.24) is 14.6 Å². The van der Waals surface area contributed by atoms with Gasteiger partial charge in [0.25, 0.3) is 5.91 Å². The second-order valence-electron chi connectivity index (χ2n) is 7.77. The zero-order valence-electron chi connectivity index (χ0n) is 17.1. The second-order valence-corrected chi connectivity index (χ2v) is 10.9. The van der Waals surface area contributed by atoms with Gasteiger partial charge in [-0.1, -0.05) is 18.6 Å². The molecule has 0 spiro atoms. The number of rotatable bonds is 7. The summed E-state index contributed by atoms with van der Waals surface area (Å²) in [4.78, 5) is 27.5. The Morgan fingerprint density at radius 2 is 1.94 bits per heavy atom. The number of carbonyl (C=O) groups is 2. The molecule has 8 nitrogen and oxygen atoms in total. The van der Waals surface area contributed by atoms with E-state index >= 15 is 0 Å². The molecule has 0 unspecified atom stereocenters. The van der Waals surface area contributed by atoms with Crippen LogP contribution in [0.15, 0.2) is 41.4 Å². The Kier molecular flexibility index (Phi) is 6.68. The summed E-state index contributed by atoms with van der Waals surface area (Å²) in [6.07, 6.45) is 4.34.